The average molecular weight is 373 g/mol. The molecule has 1 amide bonds. The van der Waals surface area contributed by atoms with Gasteiger partial charge in [-0.15, -0.1) is 5.10 Å². The van der Waals surface area contributed by atoms with Gasteiger partial charge in [-0.25, -0.2) is 0 Å². The fraction of sp³-hybridized carbons (Fsp3) is 0.250. The third kappa shape index (κ3) is 3.05. The highest BCUT2D eigenvalue weighted by Crippen LogP contribution is 2.20. The Bertz CT molecular complexity index is 556. The van der Waals surface area contributed by atoms with E-state index in [2.05, 4.69) is 44.4 Å². The van der Waals surface area contributed by atoms with Crippen molar-refractivity contribution in [2.75, 3.05) is 5.32 Å². The van der Waals surface area contributed by atoms with Crippen LogP contribution in [0.1, 0.15) is 28.7 Å². The van der Waals surface area contributed by atoms with Gasteiger partial charge in [0.05, 0.1) is 11.4 Å². The van der Waals surface area contributed by atoms with Crippen molar-refractivity contribution < 1.29 is 4.79 Å². The number of hydrogen-bond acceptors (Lipinski definition) is 4. The van der Waals surface area contributed by atoms with Crippen LogP contribution in [-0.2, 0) is 6.42 Å². The maximum absolute atomic E-state index is 12.1. The molecule has 4 nitrogen and oxygen atoms in total. The van der Waals surface area contributed by atoms with Gasteiger partial charge >= 0.3 is 0 Å². The molecule has 0 aliphatic rings. The molecule has 0 aliphatic carbocycles. The number of para-hydroxylation sites is 1. The molecule has 0 fully saturated rings. The lowest BCUT2D eigenvalue weighted by molar-refractivity contribution is 0.102. The second-order valence-corrected chi connectivity index (χ2v) is 5.65. The first-order chi connectivity index (χ1) is 8.72. The van der Waals surface area contributed by atoms with Gasteiger partial charge in [0.2, 0.25) is 0 Å². The molecule has 0 aliphatic heterocycles. The van der Waals surface area contributed by atoms with E-state index in [0.717, 1.165) is 39.3 Å². The van der Waals surface area contributed by atoms with Crippen LogP contribution in [0.2, 0.25) is 0 Å². The molecule has 1 aromatic heterocycles. The Morgan fingerprint density at radius 1 is 1.44 bits per heavy atom. The smallest absolute Gasteiger partial charge is 0.269 e. The van der Waals surface area contributed by atoms with Crippen LogP contribution in [0.15, 0.2) is 24.3 Å². The molecular formula is C12H12IN3OS. The van der Waals surface area contributed by atoms with E-state index in [-0.39, 0.29) is 5.91 Å². The van der Waals surface area contributed by atoms with Crippen LogP contribution in [0.25, 0.3) is 0 Å². The quantitative estimate of drug-likeness (QED) is 0.837. The summed E-state index contributed by atoms with van der Waals surface area (Å²) in [5.74, 6) is -0.127. The van der Waals surface area contributed by atoms with Crippen molar-refractivity contribution in [1.29, 1.82) is 0 Å². The molecule has 0 saturated heterocycles. The van der Waals surface area contributed by atoms with Gasteiger partial charge in [-0.2, -0.15) is 0 Å². The first-order valence-corrected chi connectivity index (χ1v) is 7.44. The molecule has 0 unspecified atom stereocenters. The minimum absolute atomic E-state index is 0.127. The highest BCUT2D eigenvalue weighted by atomic mass is 127. The van der Waals surface area contributed by atoms with Crippen molar-refractivity contribution in [3.8, 4) is 0 Å². The van der Waals surface area contributed by atoms with E-state index in [1.54, 1.807) is 0 Å². The number of carbonyl (C=O) groups excluding carboxylic acids is 1. The summed E-state index contributed by atoms with van der Waals surface area (Å²) in [5.41, 5.74) is 1.60. The fourth-order valence-corrected chi connectivity index (χ4v) is 2.65. The predicted octanol–water partition coefficient (Wildman–Crippen LogP) is 3.35. The number of anilines is 1. The van der Waals surface area contributed by atoms with Crippen molar-refractivity contribution in [1.82, 2.24) is 9.59 Å². The summed E-state index contributed by atoms with van der Waals surface area (Å²) in [6.07, 6.45) is 1.74. The Balaban J connectivity index is 2.17. The van der Waals surface area contributed by atoms with E-state index in [1.165, 1.54) is 0 Å². The van der Waals surface area contributed by atoms with E-state index in [9.17, 15) is 4.79 Å². The SMILES string of the molecule is CCCc1nnsc1C(=O)Nc1ccccc1I. The van der Waals surface area contributed by atoms with Crippen LogP contribution in [0, 0.1) is 3.57 Å². The summed E-state index contributed by atoms with van der Waals surface area (Å²) in [6.45, 7) is 2.06. The highest BCUT2D eigenvalue weighted by molar-refractivity contribution is 14.1. The number of halogens is 1. The maximum Gasteiger partial charge on any atom is 0.269 e. The lowest BCUT2D eigenvalue weighted by Crippen LogP contribution is -2.13. The molecule has 2 aromatic rings. The molecule has 0 atom stereocenters. The van der Waals surface area contributed by atoms with Crippen molar-refractivity contribution in [3.05, 3.63) is 38.4 Å². The zero-order chi connectivity index (χ0) is 13.0. The van der Waals surface area contributed by atoms with Crippen molar-refractivity contribution >= 4 is 45.7 Å². The van der Waals surface area contributed by atoms with Crippen LogP contribution in [-0.4, -0.2) is 15.5 Å². The highest BCUT2D eigenvalue weighted by Gasteiger charge is 2.16. The number of hydrogen-bond donors (Lipinski definition) is 1. The number of aromatic nitrogens is 2. The number of rotatable bonds is 4. The summed E-state index contributed by atoms with van der Waals surface area (Å²) < 4.78 is 4.87. The summed E-state index contributed by atoms with van der Waals surface area (Å²) in [7, 11) is 0. The molecule has 1 aromatic carbocycles. The third-order valence-corrected chi connectivity index (χ3v) is 4.08. The topological polar surface area (TPSA) is 54.9 Å². The number of carbonyl (C=O) groups is 1. The largest absolute Gasteiger partial charge is 0.320 e. The molecule has 18 heavy (non-hydrogen) atoms. The first-order valence-electron chi connectivity index (χ1n) is 5.59. The minimum atomic E-state index is -0.127. The number of aryl methyl sites for hydroxylation is 1. The second-order valence-electron chi connectivity index (χ2n) is 3.73. The van der Waals surface area contributed by atoms with Crippen LogP contribution < -0.4 is 5.32 Å². The normalized spacial score (nSPS) is 10.3. The molecule has 0 radical (unpaired) electrons. The van der Waals surface area contributed by atoms with Gasteiger partial charge in [0.25, 0.3) is 5.91 Å². The van der Waals surface area contributed by atoms with Crippen LogP contribution >= 0.6 is 34.1 Å². The summed E-state index contributed by atoms with van der Waals surface area (Å²) in [4.78, 5) is 12.7. The van der Waals surface area contributed by atoms with Crippen molar-refractivity contribution in [2.45, 2.75) is 19.8 Å². The first kappa shape index (κ1) is 13.4. The van der Waals surface area contributed by atoms with Crippen LogP contribution in [0.3, 0.4) is 0 Å². The van der Waals surface area contributed by atoms with Gasteiger partial charge in [-0.1, -0.05) is 30.0 Å². The number of nitrogens with one attached hydrogen (secondary N) is 1. The van der Waals surface area contributed by atoms with E-state index >= 15 is 0 Å². The summed E-state index contributed by atoms with van der Waals surface area (Å²) in [5, 5.41) is 6.89. The van der Waals surface area contributed by atoms with Crippen LogP contribution in [0.4, 0.5) is 5.69 Å². The number of amides is 1. The fourth-order valence-electron chi connectivity index (χ4n) is 1.52. The Hall–Kier alpha value is -1.02. The zero-order valence-corrected chi connectivity index (χ0v) is 12.8. The van der Waals surface area contributed by atoms with Gasteiger partial charge in [0.15, 0.2) is 0 Å². The van der Waals surface area contributed by atoms with Gasteiger partial charge in [-0.05, 0) is 52.7 Å². The van der Waals surface area contributed by atoms with E-state index in [0.29, 0.717) is 4.88 Å². The van der Waals surface area contributed by atoms with E-state index in [4.69, 9.17) is 0 Å². The minimum Gasteiger partial charge on any atom is -0.320 e. The van der Waals surface area contributed by atoms with Gasteiger partial charge in [0.1, 0.15) is 4.88 Å². The average Bonchev–Trinajstić information content (AvgIpc) is 2.81. The van der Waals surface area contributed by atoms with Gasteiger partial charge in [-0.3, -0.25) is 4.79 Å². The maximum atomic E-state index is 12.1. The second kappa shape index (κ2) is 6.24. The van der Waals surface area contributed by atoms with E-state index in [1.807, 2.05) is 24.3 Å². The lowest BCUT2D eigenvalue weighted by atomic mass is 10.2. The number of benzene rings is 1. The van der Waals surface area contributed by atoms with Gasteiger partial charge < -0.3 is 5.32 Å². The van der Waals surface area contributed by atoms with Crippen molar-refractivity contribution in [2.24, 2.45) is 0 Å². The molecule has 1 heterocycles. The van der Waals surface area contributed by atoms with Crippen LogP contribution in [0.5, 0.6) is 0 Å². The molecule has 1 N–H and O–H groups in total. The lowest BCUT2D eigenvalue weighted by Gasteiger charge is -2.06. The monoisotopic (exact) mass is 373 g/mol. The Kier molecular flexibility index (Phi) is 4.65. The Morgan fingerprint density at radius 3 is 2.94 bits per heavy atom. The molecule has 0 bridgehead atoms. The molecule has 94 valence electrons. The zero-order valence-electron chi connectivity index (χ0n) is 9.81. The summed E-state index contributed by atoms with van der Waals surface area (Å²) in [6, 6.07) is 7.67. The standard InChI is InChI=1S/C12H12IN3OS/c1-2-5-10-11(18-16-15-10)12(17)14-9-7-4-3-6-8(9)13/h3-4,6-7H,2,5H2,1H3,(H,14,17). The molecular weight excluding hydrogens is 361 g/mol. The molecule has 0 saturated carbocycles. The molecule has 2 rings (SSSR count). The Morgan fingerprint density at radius 2 is 2.22 bits per heavy atom. The third-order valence-electron chi connectivity index (χ3n) is 2.37. The summed E-state index contributed by atoms with van der Waals surface area (Å²) >= 11 is 3.34. The van der Waals surface area contributed by atoms with Gasteiger partial charge in [0, 0.05) is 3.57 Å². The molecule has 0 spiro atoms. The molecule has 6 heteroatoms. The predicted molar refractivity (Wildman–Crippen MR) is 81.0 cm³/mol. The Labute approximate surface area is 123 Å². The number of nitrogens with zero attached hydrogens (tertiary/aromatic N) is 2. The van der Waals surface area contributed by atoms with E-state index < -0.39 is 0 Å². The van der Waals surface area contributed by atoms with Crippen molar-refractivity contribution in [3.63, 3.8) is 0 Å².